The van der Waals surface area contributed by atoms with E-state index in [1.54, 1.807) is 0 Å². The summed E-state index contributed by atoms with van der Waals surface area (Å²) in [6.07, 6.45) is 2.46. The number of allylic oxidation sites excluding steroid dienone is 2. The summed E-state index contributed by atoms with van der Waals surface area (Å²) < 4.78 is 15.3. The number of carboxylic acids is 1. The van der Waals surface area contributed by atoms with Gasteiger partial charge in [-0.25, -0.2) is 4.79 Å². The van der Waals surface area contributed by atoms with Gasteiger partial charge in [0.25, 0.3) is 0 Å². The number of nitrogens with zero attached hydrogens (tertiary/aromatic N) is 1. The number of ether oxygens (including phenoxy) is 3. The Morgan fingerprint density at radius 2 is 1.53 bits per heavy atom. The van der Waals surface area contributed by atoms with Crippen molar-refractivity contribution in [3.05, 3.63) is 11.6 Å². The summed E-state index contributed by atoms with van der Waals surface area (Å²) in [5, 5.41) is 41.9. The fourth-order valence-electron chi connectivity index (χ4n) is 13.4. The van der Waals surface area contributed by atoms with E-state index in [9.17, 15) is 44.4 Å². The van der Waals surface area contributed by atoms with Crippen LogP contribution in [0.4, 0.5) is 0 Å². The van der Waals surface area contributed by atoms with Gasteiger partial charge < -0.3 is 39.5 Å². The summed E-state index contributed by atoms with van der Waals surface area (Å²) in [5.74, 6) is -2.11. The first-order valence-electron chi connectivity index (χ1n) is 21.2. The number of aliphatic hydroxyl groups excluding tert-OH is 3. The molecule has 0 bridgehead atoms. The quantitative estimate of drug-likeness (QED) is 0.217. The van der Waals surface area contributed by atoms with E-state index in [0.29, 0.717) is 25.7 Å². The molecule has 1 saturated heterocycles. The summed E-state index contributed by atoms with van der Waals surface area (Å²) in [5.41, 5.74) is -2.24. The van der Waals surface area contributed by atoms with E-state index >= 15 is 0 Å². The van der Waals surface area contributed by atoms with Crippen molar-refractivity contribution in [2.45, 2.75) is 155 Å². The number of carbonyl (C=O) groups excluding carboxylic acids is 4. The molecule has 1 aliphatic heterocycles. The average molecular weight is 834 g/mol. The molecule has 6 aliphatic rings. The molecule has 5 fully saturated rings. The van der Waals surface area contributed by atoms with Crippen LogP contribution in [0, 0.1) is 50.2 Å². The lowest BCUT2D eigenvalue weighted by Gasteiger charge is -2.71. The maximum absolute atomic E-state index is 14.9. The van der Waals surface area contributed by atoms with E-state index in [2.05, 4.69) is 41.5 Å². The van der Waals surface area contributed by atoms with E-state index in [0.717, 1.165) is 51.0 Å². The molecule has 58 heavy (non-hydrogen) atoms. The van der Waals surface area contributed by atoms with Crippen LogP contribution in [-0.2, 0) is 38.2 Å². The van der Waals surface area contributed by atoms with Gasteiger partial charge in [-0.15, -0.1) is 11.8 Å². The van der Waals surface area contributed by atoms with Crippen LogP contribution in [-0.4, -0.2) is 117 Å². The molecule has 0 radical (unpaired) electrons. The lowest BCUT2D eigenvalue weighted by Crippen LogP contribution is -2.68. The number of carbonyl (C=O) groups is 5. The van der Waals surface area contributed by atoms with Gasteiger partial charge >= 0.3 is 17.9 Å². The number of aliphatic carboxylic acids is 1. The van der Waals surface area contributed by atoms with Gasteiger partial charge in [-0.05, 0) is 110 Å². The molecule has 14 atom stereocenters. The molecule has 4 saturated carbocycles. The summed E-state index contributed by atoms with van der Waals surface area (Å²) in [7, 11) is 2.42. The highest BCUT2D eigenvalue weighted by Crippen LogP contribution is 2.75. The van der Waals surface area contributed by atoms with Gasteiger partial charge in [-0.1, -0.05) is 47.1 Å². The van der Waals surface area contributed by atoms with Crippen LogP contribution < -0.4 is 0 Å². The SMILES string of the molecule is COC(=O)CCC(=O)N(CCS[C@@H]1O[C@H](C(=O)OC)[C@@H](O)[C@H](O)[C@H]1O)[C@H]1CC[C@]2(C)[C@H]3C(=O)C=C4[C@@H]5C[C@@](C)(C(=O)O)CC[C@]5(C)CC[C@@]4(C)[C@]3(C)CC[C@H]2C1(C)C. The molecule has 4 N–H and O–H groups in total. The largest absolute Gasteiger partial charge is 0.481 e. The number of rotatable bonds is 10. The van der Waals surface area contributed by atoms with Gasteiger partial charge in [-0.3, -0.25) is 19.2 Å². The first-order valence-corrected chi connectivity index (χ1v) is 22.3. The smallest absolute Gasteiger partial charge is 0.337 e. The predicted molar refractivity (Wildman–Crippen MR) is 215 cm³/mol. The zero-order valence-electron chi connectivity index (χ0n) is 35.9. The zero-order chi connectivity index (χ0) is 43.0. The van der Waals surface area contributed by atoms with Crippen molar-refractivity contribution in [2.75, 3.05) is 26.5 Å². The normalized spacial score (nSPS) is 44.3. The fraction of sp³-hybridized carbons (Fsp3) is 0.841. The van der Waals surface area contributed by atoms with Crippen molar-refractivity contribution < 1.29 is 58.6 Å². The van der Waals surface area contributed by atoms with Crippen molar-refractivity contribution in [1.29, 1.82) is 0 Å². The van der Waals surface area contributed by atoms with Gasteiger partial charge in [0.1, 0.15) is 23.7 Å². The summed E-state index contributed by atoms with van der Waals surface area (Å²) in [4.78, 5) is 67.9. The summed E-state index contributed by atoms with van der Waals surface area (Å²) in [6, 6.07) is -0.250. The molecule has 1 amide bonds. The van der Waals surface area contributed by atoms with E-state index in [1.807, 2.05) is 17.9 Å². The minimum atomic E-state index is -1.68. The highest BCUT2D eigenvalue weighted by Gasteiger charge is 2.70. The number of aliphatic hydroxyl groups is 3. The Bertz CT molecular complexity index is 1700. The minimum absolute atomic E-state index is 0.0303. The standard InChI is InChI=1S/C44H67NO12S/c1-39(2)27-12-15-44(7)35(26(46)22-24-25-23-41(4,38(53)54)17-16-40(25,3)18-19-43(24,44)6)42(27,5)14-13-28(39)45(29(47)10-11-30(48)55-8)20-21-58-37-33(51)31(49)32(50)34(57-37)36(52)56-9/h22,25,27-28,31-35,37,49-51H,10-21,23H2,1-9H3,(H,53,54)/t25-,27-,28-,31-,32-,33+,34-,35+,37-,40+,41-,42-,43+,44+/m0/s1. The molecule has 0 spiro atoms. The molecule has 0 aromatic rings. The number of thioether (sulfide) groups is 1. The second-order valence-corrected chi connectivity index (χ2v) is 21.6. The third kappa shape index (κ3) is 7.06. The van der Waals surface area contributed by atoms with Crippen molar-refractivity contribution in [2.24, 2.45) is 50.2 Å². The van der Waals surface area contributed by atoms with Crippen LogP contribution in [0.3, 0.4) is 0 Å². The number of hydrogen-bond acceptors (Lipinski definition) is 12. The third-order valence-electron chi connectivity index (χ3n) is 17.2. The molecule has 6 rings (SSSR count). The Balaban J connectivity index is 1.27. The molecule has 13 nitrogen and oxygen atoms in total. The molecular formula is C44H67NO12S. The monoisotopic (exact) mass is 833 g/mol. The van der Waals surface area contributed by atoms with Gasteiger partial charge in [0.15, 0.2) is 11.9 Å². The molecule has 14 heteroatoms. The van der Waals surface area contributed by atoms with E-state index < -0.39 is 58.6 Å². The topological polar surface area (TPSA) is 197 Å². The lowest BCUT2D eigenvalue weighted by molar-refractivity contribution is -0.211. The maximum Gasteiger partial charge on any atom is 0.337 e. The number of fused-ring (bicyclic) bond motifs is 7. The molecule has 0 unspecified atom stereocenters. The van der Waals surface area contributed by atoms with Gasteiger partial charge in [-0.2, -0.15) is 0 Å². The van der Waals surface area contributed by atoms with Crippen LogP contribution in [0.1, 0.15) is 119 Å². The number of hydrogen-bond donors (Lipinski definition) is 4. The maximum atomic E-state index is 14.9. The van der Waals surface area contributed by atoms with E-state index in [4.69, 9.17) is 14.2 Å². The second-order valence-electron chi connectivity index (χ2n) is 20.4. The Morgan fingerprint density at radius 3 is 2.17 bits per heavy atom. The fourth-order valence-corrected chi connectivity index (χ4v) is 14.5. The second kappa shape index (κ2) is 15.7. The van der Waals surface area contributed by atoms with Crippen molar-refractivity contribution >= 4 is 41.4 Å². The molecule has 0 aromatic carbocycles. The Hall–Kier alpha value is -2.52. The molecular weight excluding hydrogens is 767 g/mol. The summed E-state index contributed by atoms with van der Waals surface area (Å²) in [6.45, 7) is 15.7. The number of carboxylic acid groups (broad SMARTS) is 1. The van der Waals surface area contributed by atoms with Crippen molar-refractivity contribution in [3.63, 3.8) is 0 Å². The van der Waals surface area contributed by atoms with Crippen molar-refractivity contribution in [1.82, 2.24) is 4.90 Å². The summed E-state index contributed by atoms with van der Waals surface area (Å²) >= 11 is 1.12. The lowest BCUT2D eigenvalue weighted by atomic mass is 9.33. The highest BCUT2D eigenvalue weighted by molar-refractivity contribution is 7.99. The van der Waals surface area contributed by atoms with Crippen LogP contribution in [0.15, 0.2) is 11.6 Å². The van der Waals surface area contributed by atoms with Gasteiger partial charge in [0.2, 0.25) is 5.91 Å². The van der Waals surface area contributed by atoms with Crippen LogP contribution in [0.25, 0.3) is 0 Å². The van der Waals surface area contributed by atoms with E-state index in [1.165, 1.54) is 12.7 Å². The minimum Gasteiger partial charge on any atom is -0.481 e. The first kappa shape index (κ1) is 45.0. The molecule has 0 aromatic heterocycles. The molecule has 5 aliphatic carbocycles. The first-order chi connectivity index (χ1) is 27.0. The van der Waals surface area contributed by atoms with Crippen LogP contribution in [0.2, 0.25) is 0 Å². The number of esters is 2. The Labute approximate surface area is 347 Å². The molecule has 326 valence electrons. The van der Waals surface area contributed by atoms with Gasteiger partial charge in [0.05, 0.1) is 26.1 Å². The molecule has 1 heterocycles. The van der Waals surface area contributed by atoms with Crippen LogP contribution >= 0.6 is 11.8 Å². The Kier molecular flexibility index (Phi) is 12.2. The highest BCUT2D eigenvalue weighted by atomic mass is 32.2. The number of ketones is 1. The zero-order valence-corrected chi connectivity index (χ0v) is 36.7. The third-order valence-corrected chi connectivity index (χ3v) is 18.3. The number of amides is 1. The van der Waals surface area contributed by atoms with Crippen LogP contribution in [0.5, 0.6) is 0 Å². The van der Waals surface area contributed by atoms with E-state index in [-0.39, 0.29) is 82.3 Å². The number of methoxy groups -OCH3 is 2. The Morgan fingerprint density at radius 1 is 0.862 bits per heavy atom. The predicted octanol–water partition coefficient (Wildman–Crippen LogP) is 4.92. The average Bonchev–Trinajstić information content (AvgIpc) is 3.16. The van der Waals surface area contributed by atoms with Crippen molar-refractivity contribution in [3.8, 4) is 0 Å². The van der Waals surface area contributed by atoms with Gasteiger partial charge in [0, 0.05) is 30.7 Å².